The third-order valence-electron chi connectivity index (χ3n) is 3.36. The van der Waals surface area contributed by atoms with Gasteiger partial charge in [0.1, 0.15) is 5.82 Å². The Labute approximate surface area is 90.5 Å². The summed E-state index contributed by atoms with van der Waals surface area (Å²) in [6, 6.07) is 5.15. The van der Waals surface area contributed by atoms with Crippen molar-refractivity contribution in [2.45, 2.75) is 38.6 Å². The lowest BCUT2D eigenvalue weighted by Gasteiger charge is -2.19. The van der Waals surface area contributed by atoms with Crippen LogP contribution in [0.5, 0.6) is 0 Å². The van der Waals surface area contributed by atoms with Gasteiger partial charge in [0.05, 0.1) is 0 Å². The van der Waals surface area contributed by atoms with Gasteiger partial charge in [-0.15, -0.1) is 0 Å². The Bertz CT molecular complexity index is 322. The molecule has 1 atom stereocenters. The van der Waals surface area contributed by atoms with Crippen LogP contribution in [0.1, 0.15) is 42.9 Å². The standard InChI is InChI=1S/C13H18FN/c1-9-6-11(8-12(14)7-9)13(15)10-4-2-3-5-10/h6-8,10,13H,2-5,15H2,1H3. The normalized spacial score (nSPS) is 19.4. The van der Waals surface area contributed by atoms with E-state index in [0.717, 1.165) is 11.1 Å². The number of halogens is 1. The fourth-order valence-electron chi connectivity index (χ4n) is 2.55. The van der Waals surface area contributed by atoms with Crippen molar-refractivity contribution in [3.8, 4) is 0 Å². The molecule has 2 rings (SSSR count). The van der Waals surface area contributed by atoms with Crippen molar-refractivity contribution >= 4 is 0 Å². The van der Waals surface area contributed by atoms with Crippen LogP contribution in [-0.2, 0) is 0 Å². The Kier molecular flexibility index (Phi) is 3.06. The number of aryl methyl sites for hydroxylation is 1. The zero-order chi connectivity index (χ0) is 10.8. The molecule has 1 aliphatic rings. The maximum atomic E-state index is 13.2. The molecule has 82 valence electrons. The topological polar surface area (TPSA) is 26.0 Å². The molecule has 0 aromatic heterocycles. The van der Waals surface area contributed by atoms with E-state index in [2.05, 4.69) is 0 Å². The van der Waals surface area contributed by atoms with Crippen LogP contribution in [0, 0.1) is 18.7 Å². The second-order valence-electron chi connectivity index (χ2n) is 4.63. The summed E-state index contributed by atoms with van der Waals surface area (Å²) in [5.41, 5.74) is 8.09. The molecular formula is C13H18FN. The lowest BCUT2D eigenvalue weighted by molar-refractivity contribution is 0.443. The minimum Gasteiger partial charge on any atom is -0.324 e. The van der Waals surface area contributed by atoms with E-state index in [-0.39, 0.29) is 11.9 Å². The molecule has 0 heterocycles. The van der Waals surface area contributed by atoms with E-state index in [4.69, 9.17) is 5.73 Å². The molecule has 2 N–H and O–H groups in total. The number of hydrogen-bond acceptors (Lipinski definition) is 1. The third-order valence-corrected chi connectivity index (χ3v) is 3.36. The summed E-state index contributed by atoms with van der Waals surface area (Å²) >= 11 is 0. The minimum atomic E-state index is -0.168. The van der Waals surface area contributed by atoms with Crippen molar-refractivity contribution in [3.63, 3.8) is 0 Å². The van der Waals surface area contributed by atoms with Gasteiger partial charge in [0.15, 0.2) is 0 Å². The molecule has 1 unspecified atom stereocenters. The number of hydrogen-bond donors (Lipinski definition) is 1. The average Bonchev–Trinajstić information content (AvgIpc) is 2.67. The van der Waals surface area contributed by atoms with E-state index < -0.39 is 0 Å². The maximum absolute atomic E-state index is 13.2. The Morgan fingerprint density at radius 1 is 1.27 bits per heavy atom. The molecule has 0 bridgehead atoms. The molecule has 0 radical (unpaired) electrons. The van der Waals surface area contributed by atoms with E-state index >= 15 is 0 Å². The van der Waals surface area contributed by atoms with Crippen LogP contribution in [0.4, 0.5) is 4.39 Å². The van der Waals surface area contributed by atoms with Gasteiger partial charge in [-0.3, -0.25) is 0 Å². The van der Waals surface area contributed by atoms with E-state index in [1.165, 1.54) is 25.7 Å². The first-order valence-corrected chi connectivity index (χ1v) is 5.69. The van der Waals surface area contributed by atoms with Gasteiger partial charge in [0.25, 0.3) is 0 Å². The zero-order valence-corrected chi connectivity index (χ0v) is 9.17. The predicted molar refractivity (Wildman–Crippen MR) is 60.0 cm³/mol. The number of nitrogens with two attached hydrogens (primary N) is 1. The van der Waals surface area contributed by atoms with E-state index in [1.54, 1.807) is 12.1 Å². The van der Waals surface area contributed by atoms with E-state index in [0.29, 0.717) is 5.92 Å². The lowest BCUT2D eigenvalue weighted by atomic mass is 9.92. The van der Waals surface area contributed by atoms with Gasteiger partial charge in [-0.1, -0.05) is 18.9 Å². The van der Waals surface area contributed by atoms with Crippen LogP contribution in [0.2, 0.25) is 0 Å². The van der Waals surface area contributed by atoms with Crippen LogP contribution in [0.25, 0.3) is 0 Å². The monoisotopic (exact) mass is 207 g/mol. The van der Waals surface area contributed by atoms with Crippen molar-refractivity contribution in [2.75, 3.05) is 0 Å². The highest BCUT2D eigenvalue weighted by molar-refractivity contribution is 5.26. The van der Waals surface area contributed by atoms with Crippen molar-refractivity contribution in [1.29, 1.82) is 0 Å². The minimum absolute atomic E-state index is 0.0156. The maximum Gasteiger partial charge on any atom is 0.123 e. The molecule has 1 nitrogen and oxygen atoms in total. The Morgan fingerprint density at radius 2 is 1.93 bits per heavy atom. The molecule has 0 saturated heterocycles. The van der Waals surface area contributed by atoms with Crippen LogP contribution in [-0.4, -0.2) is 0 Å². The second-order valence-corrected chi connectivity index (χ2v) is 4.63. The van der Waals surface area contributed by atoms with Gasteiger partial charge in [-0.05, 0) is 48.9 Å². The quantitative estimate of drug-likeness (QED) is 0.791. The molecule has 2 heteroatoms. The van der Waals surface area contributed by atoms with Gasteiger partial charge in [0.2, 0.25) is 0 Å². The highest BCUT2D eigenvalue weighted by atomic mass is 19.1. The molecule has 1 fully saturated rings. The van der Waals surface area contributed by atoms with Crippen LogP contribution in [0.3, 0.4) is 0 Å². The fourth-order valence-corrected chi connectivity index (χ4v) is 2.55. The van der Waals surface area contributed by atoms with Gasteiger partial charge < -0.3 is 5.73 Å². The first-order valence-electron chi connectivity index (χ1n) is 5.69. The summed E-state index contributed by atoms with van der Waals surface area (Å²) in [7, 11) is 0. The van der Waals surface area contributed by atoms with Crippen molar-refractivity contribution in [1.82, 2.24) is 0 Å². The summed E-state index contributed by atoms with van der Waals surface area (Å²) in [5, 5.41) is 0. The first kappa shape index (κ1) is 10.6. The van der Waals surface area contributed by atoms with E-state index in [1.807, 2.05) is 13.0 Å². The Morgan fingerprint density at radius 3 is 2.53 bits per heavy atom. The fraction of sp³-hybridized carbons (Fsp3) is 0.538. The van der Waals surface area contributed by atoms with E-state index in [9.17, 15) is 4.39 Å². The largest absolute Gasteiger partial charge is 0.324 e. The molecule has 1 aromatic carbocycles. The first-order chi connectivity index (χ1) is 7.16. The van der Waals surface area contributed by atoms with Gasteiger partial charge >= 0.3 is 0 Å². The average molecular weight is 207 g/mol. The molecule has 0 spiro atoms. The second kappa shape index (κ2) is 4.31. The Hall–Kier alpha value is -0.890. The summed E-state index contributed by atoms with van der Waals surface area (Å²) < 4.78 is 13.2. The summed E-state index contributed by atoms with van der Waals surface area (Å²) in [5.74, 6) is 0.379. The van der Waals surface area contributed by atoms with Gasteiger partial charge in [0, 0.05) is 6.04 Å². The third kappa shape index (κ3) is 2.37. The molecular weight excluding hydrogens is 189 g/mol. The molecule has 1 aliphatic carbocycles. The predicted octanol–water partition coefficient (Wildman–Crippen LogP) is 3.32. The molecule has 0 amide bonds. The molecule has 0 aliphatic heterocycles. The van der Waals surface area contributed by atoms with Crippen LogP contribution < -0.4 is 5.73 Å². The van der Waals surface area contributed by atoms with Gasteiger partial charge in [-0.25, -0.2) is 4.39 Å². The Balaban J connectivity index is 2.20. The van der Waals surface area contributed by atoms with Crippen molar-refractivity contribution < 1.29 is 4.39 Å². The highest BCUT2D eigenvalue weighted by Gasteiger charge is 2.23. The SMILES string of the molecule is Cc1cc(F)cc(C(N)C2CCCC2)c1. The number of benzene rings is 1. The zero-order valence-electron chi connectivity index (χ0n) is 9.17. The lowest BCUT2D eigenvalue weighted by Crippen LogP contribution is -2.19. The van der Waals surface area contributed by atoms with Crippen LogP contribution in [0.15, 0.2) is 18.2 Å². The number of rotatable bonds is 2. The highest BCUT2D eigenvalue weighted by Crippen LogP contribution is 2.34. The van der Waals surface area contributed by atoms with Crippen LogP contribution >= 0.6 is 0 Å². The summed E-state index contributed by atoms with van der Waals surface area (Å²) in [6.07, 6.45) is 4.92. The molecule has 15 heavy (non-hydrogen) atoms. The van der Waals surface area contributed by atoms with Crippen molar-refractivity contribution in [2.24, 2.45) is 11.7 Å². The van der Waals surface area contributed by atoms with Crippen molar-refractivity contribution in [3.05, 3.63) is 35.1 Å². The summed E-state index contributed by atoms with van der Waals surface area (Å²) in [4.78, 5) is 0. The molecule has 1 saturated carbocycles. The summed E-state index contributed by atoms with van der Waals surface area (Å²) in [6.45, 7) is 1.91. The van der Waals surface area contributed by atoms with Gasteiger partial charge in [-0.2, -0.15) is 0 Å². The molecule has 1 aromatic rings. The smallest absolute Gasteiger partial charge is 0.123 e.